The second-order valence-corrected chi connectivity index (χ2v) is 11.6. The van der Waals surface area contributed by atoms with Crippen molar-refractivity contribution < 1.29 is 18.0 Å². The van der Waals surface area contributed by atoms with Gasteiger partial charge in [-0.2, -0.15) is 0 Å². The van der Waals surface area contributed by atoms with E-state index >= 15 is 0 Å². The van der Waals surface area contributed by atoms with Gasteiger partial charge < -0.3 is 10.2 Å². The molecule has 0 aliphatic rings. The molecule has 0 radical (unpaired) electrons. The maximum atomic E-state index is 14.0. The Hall–Kier alpha value is -3.07. The highest BCUT2D eigenvalue weighted by Crippen LogP contribution is 2.29. The number of likely N-dealkylation sites (N-methyl/N-ethyl adjacent to an activating group) is 1. The fourth-order valence-electron chi connectivity index (χ4n) is 4.21. The zero-order valence-corrected chi connectivity index (χ0v) is 24.6. The van der Waals surface area contributed by atoms with Crippen molar-refractivity contribution in [3.05, 3.63) is 94.0 Å². The molecule has 0 unspecified atom stereocenters. The molecular formula is C29H33Cl2N3O4S. The summed E-state index contributed by atoms with van der Waals surface area (Å²) in [6.45, 7) is 5.36. The molecule has 0 fully saturated rings. The third-order valence-electron chi connectivity index (χ3n) is 6.37. The average Bonchev–Trinajstić information content (AvgIpc) is 2.93. The molecule has 1 N–H and O–H groups in total. The molecule has 0 bridgehead atoms. The van der Waals surface area contributed by atoms with E-state index in [0.29, 0.717) is 34.3 Å². The van der Waals surface area contributed by atoms with Crippen LogP contribution in [0.5, 0.6) is 0 Å². The van der Waals surface area contributed by atoms with E-state index in [1.165, 1.54) is 17.0 Å². The molecule has 39 heavy (non-hydrogen) atoms. The van der Waals surface area contributed by atoms with Crippen LogP contribution in [0, 0.1) is 0 Å². The van der Waals surface area contributed by atoms with Crippen molar-refractivity contribution in [2.45, 2.75) is 51.1 Å². The number of aryl methyl sites for hydroxylation is 1. The topological polar surface area (TPSA) is 86.8 Å². The highest BCUT2D eigenvalue weighted by Gasteiger charge is 2.34. The summed E-state index contributed by atoms with van der Waals surface area (Å²) in [5, 5.41) is 3.46. The number of carbonyl (C=O) groups excluding carboxylic acids is 2. The van der Waals surface area contributed by atoms with Crippen LogP contribution in [0.2, 0.25) is 10.0 Å². The van der Waals surface area contributed by atoms with Crippen LogP contribution >= 0.6 is 23.2 Å². The third kappa shape index (κ3) is 7.32. The lowest BCUT2D eigenvalue weighted by Gasteiger charge is -2.33. The minimum atomic E-state index is -4.12. The number of sulfonamides is 1. The summed E-state index contributed by atoms with van der Waals surface area (Å²) in [5.41, 5.74) is 1.84. The fraction of sp³-hybridized carbons (Fsp3) is 0.310. The number of hydrogen-bond acceptors (Lipinski definition) is 4. The van der Waals surface area contributed by atoms with Crippen molar-refractivity contribution in [1.82, 2.24) is 10.2 Å². The van der Waals surface area contributed by atoms with Crippen LogP contribution in [0.15, 0.2) is 77.7 Å². The van der Waals surface area contributed by atoms with Gasteiger partial charge in [0, 0.05) is 28.7 Å². The fourth-order valence-corrected chi connectivity index (χ4v) is 6.16. The van der Waals surface area contributed by atoms with Crippen molar-refractivity contribution in [2.24, 2.45) is 0 Å². The maximum Gasteiger partial charge on any atom is 0.264 e. The lowest BCUT2D eigenvalue weighted by Crippen LogP contribution is -2.52. The average molecular weight is 591 g/mol. The van der Waals surface area contributed by atoms with Crippen molar-refractivity contribution in [1.29, 1.82) is 0 Å². The quantitative estimate of drug-likeness (QED) is 0.294. The van der Waals surface area contributed by atoms with Crippen LogP contribution in [0.1, 0.15) is 38.3 Å². The molecule has 0 aromatic heterocycles. The highest BCUT2D eigenvalue weighted by molar-refractivity contribution is 7.92. The molecule has 0 spiro atoms. The van der Waals surface area contributed by atoms with E-state index in [4.69, 9.17) is 23.2 Å². The van der Waals surface area contributed by atoms with Gasteiger partial charge in [0.05, 0.1) is 10.6 Å². The Bertz CT molecular complexity index is 1360. The Balaban J connectivity index is 2.09. The van der Waals surface area contributed by atoms with Crippen LogP contribution in [0.4, 0.5) is 5.69 Å². The van der Waals surface area contributed by atoms with Crippen LogP contribution in [0.25, 0.3) is 0 Å². The van der Waals surface area contributed by atoms with Crippen molar-refractivity contribution in [3.8, 4) is 0 Å². The van der Waals surface area contributed by atoms with E-state index < -0.39 is 28.5 Å². The van der Waals surface area contributed by atoms with E-state index in [2.05, 4.69) is 5.32 Å². The van der Waals surface area contributed by atoms with Gasteiger partial charge >= 0.3 is 0 Å². The second kappa shape index (κ2) is 13.8. The van der Waals surface area contributed by atoms with E-state index in [-0.39, 0.29) is 17.3 Å². The molecule has 3 rings (SSSR count). The number of nitrogens with one attached hydrogen (secondary N) is 1. The van der Waals surface area contributed by atoms with E-state index in [1.807, 2.05) is 19.1 Å². The van der Waals surface area contributed by atoms with Gasteiger partial charge in [0.2, 0.25) is 11.8 Å². The largest absolute Gasteiger partial charge is 0.355 e. The van der Waals surface area contributed by atoms with Gasteiger partial charge in [0.25, 0.3) is 10.0 Å². The van der Waals surface area contributed by atoms with Gasteiger partial charge in [-0.1, -0.05) is 73.4 Å². The molecule has 2 amide bonds. The van der Waals surface area contributed by atoms with Crippen molar-refractivity contribution >= 4 is 50.7 Å². The molecule has 0 saturated carbocycles. The lowest BCUT2D eigenvalue weighted by atomic mass is 10.1. The van der Waals surface area contributed by atoms with Gasteiger partial charge in [-0.05, 0) is 61.7 Å². The minimum absolute atomic E-state index is 0.0498. The number of anilines is 1. The smallest absolute Gasteiger partial charge is 0.264 e. The zero-order valence-electron chi connectivity index (χ0n) is 22.2. The first kappa shape index (κ1) is 30.5. The summed E-state index contributed by atoms with van der Waals surface area (Å²) in [6.07, 6.45) is 1.08. The number of benzene rings is 3. The van der Waals surface area contributed by atoms with Crippen LogP contribution < -0.4 is 9.62 Å². The van der Waals surface area contributed by atoms with Crippen LogP contribution in [0.3, 0.4) is 0 Å². The molecule has 208 valence electrons. The molecule has 3 aromatic carbocycles. The zero-order chi connectivity index (χ0) is 28.6. The SMILES string of the molecule is CCNC(=O)[C@H](CC)N(Cc1c(Cl)cccc1Cl)C(=O)CN(c1ccc(CC)cc1)S(=O)(=O)c1ccccc1. The van der Waals surface area contributed by atoms with Crippen molar-refractivity contribution in [2.75, 3.05) is 17.4 Å². The molecule has 10 heteroatoms. The molecule has 0 aliphatic heterocycles. The Morgan fingerprint density at radius 3 is 2.03 bits per heavy atom. The molecule has 3 aromatic rings. The molecule has 1 atom stereocenters. The Labute approximate surface area is 240 Å². The molecule has 0 aliphatic carbocycles. The van der Waals surface area contributed by atoms with Gasteiger partial charge in [-0.3, -0.25) is 13.9 Å². The first-order valence-corrected chi connectivity index (χ1v) is 15.0. The van der Waals surface area contributed by atoms with Gasteiger partial charge in [0.15, 0.2) is 0 Å². The van der Waals surface area contributed by atoms with Crippen molar-refractivity contribution in [3.63, 3.8) is 0 Å². The molecule has 7 nitrogen and oxygen atoms in total. The lowest BCUT2D eigenvalue weighted by molar-refractivity contribution is -0.140. The summed E-state index contributed by atoms with van der Waals surface area (Å²) >= 11 is 12.8. The standard InChI is InChI=1S/C29H33Cl2N3O4S/c1-4-21-15-17-22(18-16-21)34(39(37,38)23-11-8-7-9-12-23)20-28(35)33(27(5-2)29(36)32-6-3)19-24-25(30)13-10-14-26(24)31/h7-18,27H,4-6,19-20H2,1-3H3,(H,32,36)/t27-/m0/s1. The summed E-state index contributed by atoms with van der Waals surface area (Å²) in [7, 11) is -4.12. The highest BCUT2D eigenvalue weighted by atomic mass is 35.5. The first-order valence-electron chi connectivity index (χ1n) is 12.8. The monoisotopic (exact) mass is 589 g/mol. The summed E-state index contributed by atoms with van der Waals surface area (Å²) in [6, 6.07) is 19.1. The molecule has 0 heterocycles. The number of rotatable bonds is 12. The van der Waals surface area contributed by atoms with E-state index in [9.17, 15) is 18.0 Å². The third-order valence-corrected chi connectivity index (χ3v) is 8.87. The number of carbonyl (C=O) groups is 2. The summed E-state index contributed by atoms with van der Waals surface area (Å²) < 4.78 is 28.7. The van der Waals surface area contributed by atoms with Gasteiger partial charge in [0.1, 0.15) is 12.6 Å². The minimum Gasteiger partial charge on any atom is -0.355 e. The number of amides is 2. The van der Waals surface area contributed by atoms with E-state index in [1.54, 1.807) is 62.4 Å². The summed E-state index contributed by atoms with van der Waals surface area (Å²) in [4.78, 5) is 28.4. The Morgan fingerprint density at radius 2 is 1.49 bits per heavy atom. The van der Waals surface area contributed by atoms with Gasteiger partial charge in [-0.15, -0.1) is 0 Å². The predicted octanol–water partition coefficient (Wildman–Crippen LogP) is 5.69. The predicted molar refractivity (Wildman–Crippen MR) is 157 cm³/mol. The normalized spacial score (nSPS) is 12.0. The van der Waals surface area contributed by atoms with Crippen LogP contribution in [-0.4, -0.2) is 44.3 Å². The van der Waals surface area contributed by atoms with E-state index in [0.717, 1.165) is 16.3 Å². The Morgan fingerprint density at radius 1 is 0.872 bits per heavy atom. The second-order valence-electron chi connectivity index (χ2n) is 8.89. The number of hydrogen-bond donors (Lipinski definition) is 1. The number of halogens is 2. The summed E-state index contributed by atoms with van der Waals surface area (Å²) in [5.74, 6) is -0.913. The maximum absolute atomic E-state index is 14.0. The molecule has 0 saturated heterocycles. The van der Waals surface area contributed by atoms with Crippen LogP contribution in [-0.2, 0) is 32.6 Å². The van der Waals surface area contributed by atoms with Gasteiger partial charge in [-0.25, -0.2) is 8.42 Å². The Kier molecular flexibility index (Phi) is 10.8. The molecular weight excluding hydrogens is 557 g/mol. The first-order chi connectivity index (χ1) is 18.6. The number of nitrogens with zero attached hydrogens (tertiary/aromatic N) is 2.